The highest BCUT2D eigenvalue weighted by Gasteiger charge is 2.37. The Morgan fingerprint density at radius 1 is 1.11 bits per heavy atom. The number of carbonyl (C=O) groups is 3. The molecule has 0 saturated carbocycles. The van der Waals surface area contributed by atoms with Crippen molar-refractivity contribution in [3.05, 3.63) is 0 Å². The second-order valence-corrected chi connectivity index (χ2v) is 8.53. The maximum absolute atomic E-state index is 13.4. The summed E-state index contributed by atoms with van der Waals surface area (Å²) in [5.74, 6) is 0.673. The topological polar surface area (TPSA) is 73.0 Å². The molecule has 0 radical (unpaired) electrons. The minimum Gasteiger partial charge on any atom is -0.339 e. The van der Waals surface area contributed by atoms with Crippen molar-refractivity contribution >= 4 is 30.1 Å². The smallest absolute Gasteiger partial charge is 0.245 e. The lowest BCUT2D eigenvalue weighted by molar-refractivity contribution is -0.150. The number of halogens is 1. The van der Waals surface area contributed by atoms with Crippen LogP contribution in [0.3, 0.4) is 0 Å². The zero-order valence-corrected chi connectivity index (χ0v) is 18.0. The third-order valence-electron chi connectivity index (χ3n) is 5.99. The highest BCUT2D eigenvalue weighted by atomic mass is 35.5. The van der Waals surface area contributed by atoms with Gasteiger partial charge < -0.3 is 20.0 Å². The van der Waals surface area contributed by atoms with Crippen LogP contribution in [-0.4, -0.2) is 83.8 Å². The number of nitrogens with zero attached hydrogens (tertiary/aromatic N) is 3. The Morgan fingerprint density at radius 3 is 2.57 bits per heavy atom. The molecule has 28 heavy (non-hydrogen) atoms. The van der Waals surface area contributed by atoms with Crippen LogP contribution in [0.15, 0.2) is 0 Å². The van der Waals surface area contributed by atoms with Gasteiger partial charge in [0.05, 0.1) is 6.54 Å². The Bertz CT molecular complexity index is 572. The van der Waals surface area contributed by atoms with E-state index in [2.05, 4.69) is 19.2 Å². The van der Waals surface area contributed by atoms with Gasteiger partial charge in [-0.25, -0.2) is 0 Å². The van der Waals surface area contributed by atoms with Crippen molar-refractivity contribution in [1.29, 1.82) is 0 Å². The van der Waals surface area contributed by atoms with Crippen LogP contribution in [0.5, 0.6) is 0 Å². The van der Waals surface area contributed by atoms with Gasteiger partial charge in [-0.05, 0) is 38.0 Å². The molecule has 0 aromatic heterocycles. The lowest BCUT2D eigenvalue weighted by Crippen LogP contribution is -2.60. The van der Waals surface area contributed by atoms with Crippen molar-refractivity contribution < 1.29 is 14.4 Å². The summed E-state index contributed by atoms with van der Waals surface area (Å²) in [6, 6.07) is -0.246. The van der Waals surface area contributed by atoms with Gasteiger partial charge in [0, 0.05) is 45.2 Å². The zero-order valence-electron chi connectivity index (χ0n) is 17.2. The van der Waals surface area contributed by atoms with E-state index in [0.717, 1.165) is 38.8 Å². The van der Waals surface area contributed by atoms with Gasteiger partial charge in [0.25, 0.3) is 0 Å². The molecular formula is C20H35ClN4O3. The molecule has 160 valence electrons. The minimum absolute atomic E-state index is 0. The molecule has 0 spiro atoms. The molecule has 0 aliphatic carbocycles. The summed E-state index contributed by atoms with van der Waals surface area (Å²) in [5.41, 5.74) is 0. The van der Waals surface area contributed by atoms with E-state index in [-0.39, 0.29) is 42.2 Å². The number of nitrogens with one attached hydrogen (secondary N) is 1. The first-order chi connectivity index (χ1) is 13.0. The monoisotopic (exact) mass is 414 g/mol. The van der Waals surface area contributed by atoms with Gasteiger partial charge in [-0.2, -0.15) is 0 Å². The zero-order chi connectivity index (χ0) is 19.4. The fourth-order valence-corrected chi connectivity index (χ4v) is 4.59. The lowest BCUT2D eigenvalue weighted by atomic mass is 9.96. The molecule has 3 saturated heterocycles. The number of amides is 3. The summed E-state index contributed by atoms with van der Waals surface area (Å²) in [6.07, 6.45) is 5.03. The highest BCUT2D eigenvalue weighted by molar-refractivity contribution is 5.88. The Kier molecular flexibility index (Phi) is 8.56. The first kappa shape index (κ1) is 22.9. The van der Waals surface area contributed by atoms with Crippen LogP contribution in [0.4, 0.5) is 0 Å². The van der Waals surface area contributed by atoms with Crippen molar-refractivity contribution in [2.75, 3.05) is 39.3 Å². The van der Waals surface area contributed by atoms with Gasteiger partial charge in [0.2, 0.25) is 17.7 Å². The van der Waals surface area contributed by atoms with E-state index in [1.165, 1.54) is 0 Å². The summed E-state index contributed by atoms with van der Waals surface area (Å²) >= 11 is 0. The van der Waals surface area contributed by atoms with Gasteiger partial charge in [0.1, 0.15) is 6.04 Å². The van der Waals surface area contributed by atoms with E-state index in [9.17, 15) is 14.4 Å². The van der Waals surface area contributed by atoms with E-state index < -0.39 is 0 Å². The van der Waals surface area contributed by atoms with Crippen LogP contribution in [0.2, 0.25) is 0 Å². The van der Waals surface area contributed by atoms with Gasteiger partial charge in [-0.15, -0.1) is 12.4 Å². The van der Waals surface area contributed by atoms with E-state index in [1.54, 1.807) is 0 Å². The van der Waals surface area contributed by atoms with Crippen LogP contribution in [0, 0.1) is 5.92 Å². The quantitative estimate of drug-likeness (QED) is 0.735. The number of rotatable bonds is 5. The van der Waals surface area contributed by atoms with Crippen molar-refractivity contribution in [3.63, 3.8) is 0 Å². The summed E-state index contributed by atoms with van der Waals surface area (Å²) < 4.78 is 0. The number of piperazine rings is 1. The number of likely N-dealkylation sites (tertiary alicyclic amines) is 2. The van der Waals surface area contributed by atoms with Crippen LogP contribution in [0.1, 0.15) is 52.4 Å². The minimum atomic E-state index is -0.352. The second kappa shape index (κ2) is 10.4. The van der Waals surface area contributed by atoms with Crippen molar-refractivity contribution in [3.8, 4) is 0 Å². The molecule has 1 N–H and O–H groups in total. The van der Waals surface area contributed by atoms with E-state index in [4.69, 9.17) is 0 Å². The molecule has 7 nitrogen and oxygen atoms in total. The number of carbonyl (C=O) groups excluding carboxylic acids is 3. The van der Waals surface area contributed by atoms with Crippen LogP contribution < -0.4 is 5.32 Å². The summed E-state index contributed by atoms with van der Waals surface area (Å²) in [4.78, 5) is 43.8. The predicted molar refractivity (Wildman–Crippen MR) is 110 cm³/mol. The highest BCUT2D eigenvalue weighted by Crippen LogP contribution is 2.24. The SMILES string of the molecule is CC(C)CC(C(=O)N1CCCC(N2CCNCC2=O)C1)N1CCCCC1=O.Cl. The average Bonchev–Trinajstić information content (AvgIpc) is 2.66. The molecule has 0 bridgehead atoms. The first-order valence-corrected chi connectivity index (χ1v) is 10.6. The van der Waals surface area contributed by atoms with E-state index >= 15 is 0 Å². The number of piperidine rings is 2. The van der Waals surface area contributed by atoms with E-state index in [1.807, 2.05) is 14.7 Å². The van der Waals surface area contributed by atoms with Crippen LogP contribution in [0.25, 0.3) is 0 Å². The van der Waals surface area contributed by atoms with Gasteiger partial charge in [-0.1, -0.05) is 13.8 Å². The molecule has 3 aliphatic rings. The maximum atomic E-state index is 13.4. The Balaban J connectivity index is 0.00000280. The summed E-state index contributed by atoms with van der Waals surface area (Å²) in [7, 11) is 0. The standard InChI is InChI=1S/C20H34N4O3.ClH/c1-15(2)12-17(24-10-4-3-7-18(24)25)20(27)22-9-5-6-16(14-22)23-11-8-21-13-19(23)26;/h15-17,21H,3-14H2,1-2H3;1H. The average molecular weight is 415 g/mol. The molecule has 3 amide bonds. The fraction of sp³-hybridized carbons (Fsp3) is 0.850. The third-order valence-corrected chi connectivity index (χ3v) is 5.99. The summed E-state index contributed by atoms with van der Waals surface area (Å²) in [5, 5.41) is 3.11. The molecule has 0 aromatic rings. The lowest BCUT2D eigenvalue weighted by Gasteiger charge is -2.43. The molecule has 2 atom stereocenters. The normalized spacial score (nSPS) is 25.0. The van der Waals surface area contributed by atoms with Gasteiger partial charge >= 0.3 is 0 Å². The molecule has 0 aromatic carbocycles. The van der Waals surface area contributed by atoms with Gasteiger partial charge in [0.15, 0.2) is 0 Å². The Labute approximate surface area is 174 Å². The fourth-order valence-electron chi connectivity index (χ4n) is 4.59. The molecule has 3 heterocycles. The molecule has 8 heteroatoms. The van der Waals surface area contributed by atoms with Crippen molar-refractivity contribution in [2.45, 2.75) is 64.5 Å². The van der Waals surface area contributed by atoms with Gasteiger partial charge in [-0.3, -0.25) is 14.4 Å². The Morgan fingerprint density at radius 2 is 1.89 bits per heavy atom. The second-order valence-electron chi connectivity index (χ2n) is 8.53. The maximum Gasteiger partial charge on any atom is 0.245 e. The summed E-state index contributed by atoms with van der Waals surface area (Å²) in [6.45, 7) is 8.14. The molecule has 2 unspecified atom stereocenters. The molecule has 3 rings (SSSR count). The van der Waals surface area contributed by atoms with Crippen molar-refractivity contribution in [1.82, 2.24) is 20.0 Å². The van der Waals surface area contributed by atoms with Crippen molar-refractivity contribution in [2.24, 2.45) is 5.92 Å². The number of hydrogen-bond acceptors (Lipinski definition) is 4. The third kappa shape index (κ3) is 5.38. The molecule has 3 fully saturated rings. The Hall–Kier alpha value is -1.34. The van der Waals surface area contributed by atoms with E-state index in [0.29, 0.717) is 44.9 Å². The van der Waals surface area contributed by atoms with Crippen LogP contribution in [-0.2, 0) is 14.4 Å². The largest absolute Gasteiger partial charge is 0.339 e. The first-order valence-electron chi connectivity index (χ1n) is 10.6. The van der Waals surface area contributed by atoms with Crippen LogP contribution >= 0.6 is 12.4 Å². The predicted octanol–water partition coefficient (Wildman–Crippen LogP) is 1.26. The molecular weight excluding hydrogens is 380 g/mol. The molecule has 3 aliphatic heterocycles. The number of hydrogen-bond donors (Lipinski definition) is 1.